The van der Waals surface area contributed by atoms with Gasteiger partial charge in [0.1, 0.15) is 5.54 Å². The number of imide groups is 1. The third-order valence-electron chi connectivity index (χ3n) is 7.19. The summed E-state index contributed by atoms with van der Waals surface area (Å²) in [5, 5.41) is 5.25. The minimum absolute atomic E-state index is 0.0320. The molecule has 0 bridgehead atoms. The number of anilines is 1. The van der Waals surface area contributed by atoms with Crippen LogP contribution < -0.4 is 10.6 Å². The standard InChI is InChI=1S/C25H24ClIN4O4/c1-30-23(35)29-21(33)24(30)10-16-7-8-19(9-17(16)11-24)28-20(32)14-31-13-18(12-25(26,27)22(31)34)15-5-3-2-4-6-15/h2-9,18H,10-14H2,1H3,(H,28,32)(H,29,33,35)/t18-,24-,25?/m1/s1. The van der Waals surface area contributed by atoms with E-state index in [-0.39, 0.29) is 30.2 Å². The van der Waals surface area contributed by atoms with Gasteiger partial charge < -0.3 is 15.1 Å². The predicted molar refractivity (Wildman–Crippen MR) is 139 cm³/mol. The number of rotatable bonds is 4. The first-order chi connectivity index (χ1) is 16.6. The van der Waals surface area contributed by atoms with Crippen LogP contribution >= 0.6 is 34.2 Å². The monoisotopic (exact) mass is 606 g/mol. The minimum Gasteiger partial charge on any atom is -0.331 e. The Balaban J connectivity index is 1.28. The molecule has 182 valence electrons. The molecule has 0 aromatic heterocycles. The van der Waals surface area contributed by atoms with Crippen molar-refractivity contribution in [2.24, 2.45) is 0 Å². The number of likely N-dealkylation sites (tertiary alicyclic amines) is 1. The zero-order chi connectivity index (χ0) is 25.0. The van der Waals surface area contributed by atoms with Crippen LogP contribution in [0, 0.1) is 0 Å². The normalized spacial score (nSPS) is 27.9. The average Bonchev–Trinajstić information content (AvgIpc) is 3.30. The minimum atomic E-state index is -1.11. The van der Waals surface area contributed by atoms with Crippen molar-refractivity contribution >= 4 is 63.6 Å². The topological polar surface area (TPSA) is 98.8 Å². The van der Waals surface area contributed by atoms with Crippen molar-refractivity contribution in [2.45, 2.75) is 33.6 Å². The Morgan fingerprint density at radius 3 is 2.54 bits per heavy atom. The van der Waals surface area contributed by atoms with Crippen molar-refractivity contribution in [3.63, 3.8) is 0 Å². The van der Waals surface area contributed by atoms with Gasteiger partial charge in [-0.2, -0.15) is 0 Å². The highest BCUT2D eigenvalue weighted by molar-refractivity contribution is 14.1. The number of halogens is 2. The van der Waals surface area contributed by atoms with Crippen molar-refractivity contribution in [3.05, 3.63) is 65.2 Å². The zero-order valence-corrected chi connectivity index (χ0v) is 21.9. The smallest absolute Gasteiger partial charge is 0.324 e. The van der Waals surface area contributed by atoms with E-state index in [9.17, 15) is 19.2 Å². The molecule has 2 fully saturated rings. The number of alkyl halides is 2. The predicted octanol–water partition coefficient (Wildman–Crippen LogP) is 3.03. The maximum absolute atomic E-state index is 12.9. The highest BCUT2D eigenvalue weighted by atomic mass is 127. The van der Waals surface area contributed by atoms with E-state index < -0.39 is 14.5 Å². The van der Waals surface area contributed by atoms with Gasteiger partial charge in [-0.3, -0.25) is 19.7 Å². The Hall–Kier alpha value is -2.66. The molecule has 3 aliphatic rings. The average molecular weight is 607 g/mol. The van der Waals surface area contributed by atoms with Crippen LogP contribution in [0.25, 0.3) is 0 Å². The summed E-state index contributed by atoms with van der Waals surface area (Å²) < 4.78 is -1.11. The Kier molecular flexibility index (Phi) is 6.03. The maximum Gasteiger partial charge on any atom is 0.324 e. The fraction of sp³-hybridized carbons (Fsp3) is 0.360. The quantitative estimate of drug-likeness (QED) is 0.318. The summed E-state index contributed by atoms with van der Waals surface area (Å²) in [4.78, 5) is 53.3. The Morgan fingerprint density at radius 1 is 1.14 bits per heavy atom. The van der Waals surface area contributed by atoms with Crippen molar-refractivity contribution < 1.29 is 19.2 Å². The molecule has 0 radical (unpaired) electrons. The lowest BCUT2D eigenvalue weighted by Crippen LogP contribution is -2.52. The number of nitrogens with one attached hydrogen (secondary N) is 2. The number of carbonyl (C=O) groups is 4. The molecule has 35 heavy (non-hydrogen) atoms. The SMILES string of the molecule is CN1C(=O)NC(=O)[C@]12Cc1ccc(NC(=O)CN3C[C@H](c4ccccc4)CC(Cl)(I)C3=O)cc1C2. The van der Waals surface area contributed by atoms with Crippen LogP contribution in [0.1, 0.15) is 29.0 Å². The van der Waals surface area contributed by atoms with Gasteiger partial charge in [0, 0.05) is 38.0 Å². The maximum atomic E-state index is 12.9. The number of piperidine rings is 1. The highest BCUT2D eigenvalue weighted by Crippen LogP contribution is 2.42. The van der Waals surface area contributed by atoms with Crippen LogP contribution in [0.4, 0.5) is 10.5 Å². The molecule has 2 N–H and O–H groups in total. The molecule has 2 saturated heterocycles. The summed E-state index contributed by atoms with van der Waals surface area (Å²) >= 11 is 8.53. The van der Waals surface area contributed by atoms with Crippen LogP contribution in [0.5, 0.6) is 0 Å². The molecular formula is C25H24ClIN4O4. The first-order valence-corrected chi connectivity index (χ1v) is 12.8. The summed E-state index contributed by atoms with van der Waals surface area (Å²) in [7, 11) is 1.62. The van der Waals surface area contributed by atoms with Gasteiger partial charge in [0.2, 0.25) is 5.91 Å². The van der Waals surface area contributed by atoms with Gasteiger partial charge in [-0.1, -0.05) is 70.6 Å². The molecule has 2 aromatic rings. The number of carbonyl (C=O) groups excluding carboxylic acids is 4. The number of nitrogens with zero attached hydrogens (tertiary/aromatic N) is 2. The second-order valence-electron chi connectivity index (χ2n) is 9.44. The number of hydrogen-bond donors (Lipinski definition) is 2. The first kappa shape index (κ1) is 24.1. The first-order valence-electron chi connectivity index (χ1n) is 11.3. The number of benzene rings is 2. The Morgan fingerprint density at radius 2 is 1.86 bits per heavy atom. The van der Waals surface area contributed by atoms with Crippen LogP contribution in [0.2, 0.25) is 0 Å². The Bertz CT molecular complexity index is 1240. The molecule has 5 rings (SSSR count). The van der Waals surface area contributed by atoms with Crippen LogP contribution in [0.3, 0.4) is 0 Å². The molecule has 10 heteroatoms. The van der Waals surface area contributed by atoms with E-state index >= 15 is 0 Å². The molecule has 1 unspecified atom stereocenters. The fourth-order valence-electron chi connectivity index (χ4n) is 5.28. The van der Waals surface area contributed by atoms with Crippen LogP contribution in [-0.4, -0.2) is 62.1 Å². The molecule has 3 atom stereocenters. The number of hydrogen-bond acceptors (Lipinski definition) is 4. The van der Waals surface area contributed by atoms with E-state index in [1.165, 1.54) is 9.80 Å². The summed E-state index contributed by atoms with van der Waals surface area (Å²) in [6.07, 6.45) is 1.31. The lowest BCUT2D eigenvalue weighted by molar-refractivity contribution is -0.137. The molecule has 1 aliphatic carbocycles. The third kappa shape index (κ3) is 4.29. The van der Waals surface area contributed by atoms with Gasteiger partial charge in [0.25, 0.3) is 11.8 Å². The highest BCUT2D eigenvalue weighted by Gasteiger charge is 2.54. The van der Waals surface area contributed by atoms with Crippen molar-refractivity contribution in [1.82, 2.24) is 15.1 Å². The lowest BCUT2D eigenvalue weighted by atomic mass is 9.90. The lowest BCUT2D eigenvalue weighted by Gasteiger charge is -2.39. The van der Waals surface area contributed by atoms with Gasteiger partial charge in [-0.15, -0.1) is 0 Å². The second kappa shape index (κ2) is 8.77. The summed E-state index contributed by atoms with van der Waals surface area (Å²) in [6.45, 7) is 0.302. The van der Waals surface area contributed by atoms with Crippen LogP contribution in [-0.2, 0) is 27.2 Å². The summed E-state index contributed by atoms with van der Waals surface area (Å²) in [6, 6.07) is 14.9. The van der Waals surface area contributed by atoms with Gasteiger partial charge in [-0.25, -0.2) is 4.79 Å². The number of amides is 5. The van der Waals surface area contributed by atoms with E-state index in [2.05, 4.69) is 10.6 Å². The van der Waals surface area contributed by atoms with E-state index in [1.54, 1.807) is 13.1 Å². The Labute approximate surface area is 221 Å². The van der Waals surface area contributed by atoms with Gasteiger partial charge in [-0.05, 0) is 35.2 Å². The second-order valence-corrected chi connectivity index (χ2v) is 12.6. The molecule has 2 aromatic carbocycles. The number of likely N-dealkylation sites (N-methyl/N-ethyl adjacent to an activating group) is 1. The van der Waals surface area contributed by atoms with Crippen molar-refractivity contribution in [2.75, 3.05) is 25.5 Å². The summed E-state index contributed by atoms with van der Waals surface area (Å²) in [5.74, 6) is -0.858. The van der Waals surface area contributed by atoms with E-state index in [1.807, 2.05) is 65.1 Å². The molecule has 2 heterocycles. The van der Waals surface area contributed by atoms with Crippen molar-refractivity contribution in [3.8, 4) is 0 Å². The van der Waals surface area contributed by atoms with E-state index in [0.29, 0.717) is 31.5 Å². The third-order valence-corrected chi connectivity index (χ3v) is 8.41. The molecule has 0 saturated carbocycles. The van der Waals surface area contributed by atoms with Gasteiger partial charge in [0.05, 0.1) is 6.54 Å². The van der Waals surface area contributed by atoms with Crippen molar-refractivity contribution in [1.29, 1.82) is 0 Å². The fourth-order valence-corrected chi connectivity index (χ4v) is 6.45. The molecule has 2 aliphatic heterocycles. The molecule has 5 amide bonds. The van der Waals surface area contributed by atoms with E-state index in [4.69, 9.17) is 11.6 Å². The molecule has 8 nitrogen and oxygen atoms in total. The summed E-state index contributed by atoms with van der Waals surface area (Å²) in [5.41, 5.74) is 2.62. The van der Waals surface area contributed by atoms with Crippen LogP contribution in [0.15, 0.2) is 48.5 Å². The largest absolute Gasteiger partial charge is 0.331 e. The van der Waals surface area contributed by atoms with E-state index in [0.717, 1.165) is 16.7 Å². The van der Waals surface area contributed by atoms with Gasteiger partial charge in [0.15, 0.2) is 2.88 Å². The van der Waals surface area contributed by atoms with Gasteiger partial charge >= 0.3 is 6.03 Å². The number of urea groups is 1. The molecular weight excluding hydrogens is 583 g/mol. The zero-order valence-electron chi connectivity index (χ0n) is 19.0. The molecule has 1 spiro atoms. The number of fused-ring (bicyclic) bond motifs is 1.